The average molecular weight is 259 g/mol. The van der Waals surface area contributed by atoms with E-state index >= 15 is 0 Å². The zero-order valence-electron chi connectivity index (χ0n) is 10.3. The highest BCUT2D eigenvalue weighted by Crippen LogP contribution is 2.14. The summed E-state index contributed by atoms with van der Waals surface area (Å²) in [6.07, 6.45) is 0.534. The molecule has 0 amide bonds. The Balaban J connectivity index is 3.96. The van der Waals surface area contributed by atoms with Gasteiger partial charge < -0.3 is 18.0 Å². The van der Waals surface area contributed by atoms with Gasteiger partial charge in [0.2, 0.25) is 0 Å². The average Bonchev–Trinajstić information content (AvgIpc) is 2.38. The van der Waals surface area contributed by atoms with Crippen LogP contribution in [0.15, 0.2) is 12.2 Å². The number of nitriles is 1. The van der Waals surface area contributed by atoms with Gasteiger partial charge >= 0.3 is 14.8 Å². The topological polar surface area (TPSA) is 77.8 Å². The van der Waals surface area contributed by atoms with E-state index in [1.807, 2.05) is 0 Å². The smallest absolute Gasteiger partial charge is 0.462 e. The first kappa shape index (κ1) is 15.8. The van der Waals surface area contributed by atoms with Crippen LogP contribution in [0.25, 0.3) is 0 Å². The molecule has 17 heavy (non-hydrogen) atoms. The zero-order chi connectivity index (χ0) is 13.3. The lowest BCUT2D eigenvalue weighted by Gasteiger charge is -2.23. The van der Waals surface area contributed by atoms with Crippen LogP contribution in [0, 0.1) is 11.3 Å². The fraction of sp³-hybridized carbons (Fsp3) is 0.600. The van der Waals surface area contributed by atoms with Crippen LogP contribution in [0.2, 0.25) is 6.04 Å². The van der Waals surface area contributed by atoms with E-state index < -0.39 is 14.8 Å². The highest BCUT2D eigenvalue weighted by atomic mass is 28.4. The molecule has 0 rings (SSSR count). The molecule has 0 aliphatic carbocycles. The molecule has 0 heterocycles. The van der Waals surface area contributed by atoms with Crippen molar-refractivity contribution in [3.05, 3.63) is 12.2 Å². The van der Waals surface area contributed by atoms with Gasteiger partial charge in [0.05, 0.1) is 6.61 Å². The van der Waals surface area contributed by atoms with Gasteiger partial charge in [-0.15, -0.1) is 0 Å². The van der Waals surface area contributed by atoms with Crippen LogP contribution < -0.4 is 0 Å². The van der Waals surface area contributed by atoms with E-state index in [0.717, 1.165) is 0 Å². The Bertz CT molecular complexity index is 300. The number of hydrogen-bond donors (Lipinski definition) is 0. The molecule has 0 saturated carbocycles. The lowest BCUT2D eigenvalue weighted by molar-refractivity contribution is -0.138. The predicted molar refractivity (Wildman–Crippen MR) is 61.9 cm³/mol. The SMILES string of the molecule is C=C(C#N)C(=O)OCCC[Si](OC)(OC)OC. The molecule has 0 aromatic rings. The van der Waals surface area contributed by atoms with Crippen molar-refractivity contribution in [1.29, 1.82) is 5.26 Å². The minimum absolute atomic E-state index is 0.171. The van der Waals surface area contributed by atoms with Crippen molar-refractivity contribution in [2.45, 2.75) is 12.5 Å². The molecule has 0 unspecified atom stereocenters. The van der Waals surface area contributed by atoms with Gasteiger partial charge in [-0.25, -0.2) is 4.79 Å². The molecule has 0 radical (unpaired) electrons. The summed E-state index contributed by atoms with van der Waals surface area (Å²) in [6.45, 7) is 3.42. The monoisotopic (exact) mass is 259 g/mol. The standard InChI is InChI=1S/C10H17NO5Si/c1-9(8-11)10(12)16-6-5-7-17(13-2,14-3)15-4/h1,5-7H2,2-4H3. The Morgan fingerprint density at radius 3 is 2.24 bits per heavy atom. The quantitative estimate of drug-likeness (QED) is 0.212. The maximum Gasteiger partial charge on any atom is 0.500 e. The molecule has 7 heteroatoms. The third-order valence-corrected chi connectivity index (χ3v) is 5.01. The van der Waals surface area contributed by atoms with Gasteiger partial charge in [-0.05, 0) is 6.42 Å². The van der Waals surface area contributed by atoms with E-state index in [2.05, 4.69) is 6.58 Å². The van der Waals surface area contributed by atoms with Gasteiger partial charge in [0.15, 0.2) is 0 Å². The van der Waals surface area contributed by atoms with Crippen molar-refractivity contribution in [2.24, 2.45) is 0 Å². The molecule has 0 saturated heterocycles. The van der Waals surface area contributed by atoms with E-state index in [9.17, 15) is 4.79 Å². The van der Waals surface area contributed by atoms with Crippen molar-refractivity contribution in [3.63, 3.8) is 0 Å². The number of nitrogens with zero attached hydrogens (tertiary/aromatic N) is 1. The molecule has 0 aliphatic rings. The fourth-order valence-electron chi connectivity index (χ4n) is 1.14. The van der Waals surface area contributed by atoms with Crippen LogP contribution in [-0.4, -0.2) is 42.7 Å². The predicted octanol–water partition coefficient (Wildman–Crippen LogP) is 0.878. The second kappa shape index (κ2) is 7.97. The van der Waals surface area contributed by atoms with Gasteiger partial charge in [0.1, 0.15) is 11.6 Å². The van der Waals surface area contributed by atoms with Crippen molar-refractivity contribution >= 4 is 14.8 Å². The van der Waals surface area contributed by atoms with Crippen LogP contribution in [0.4, 0.5) is 0 Å². The molecular weight excluding hydrogens is 242 g/mol. The van der Waals surface area contributed by atoms with Crippen LogP contribution in [0.5, 0.6) is 0 Å². The molecule has 0 bridgehead atoms. The second-order valence-electron chi connectivity index (χ2n) is 3.13. The summed E-state index contributed by atoms with van der Waals surface area (Å²) >= 11 is 0. The van der Waals surface area contributed by atoms with Crippen molar-refractivity contribution in [2.75, 3.05) is 27.9 Å². The van der Waals surface area contributed by atoms with Crippen molar-refractivity contribution in [3.8, 4) is 6.07 Å². The van der Waals surface area contributed by atoms with Gasteiger partial charge in [0, 0.05) is 27.4 Å². The van der Waals surface area contributed by atoms with E-state index in [1.54, 1.807) is 6.07 Å². The van der Waals surface area contributed by atoms with Crippen LogP contribution in [0.1, 0.15) is 6.42 Å². The molecular formula is C10H17NO5Si. The lowest BCUT2D eigenvalue weighted by Crippen LogP contribution is -2.42. The summed E-state index contributed by atoms with van der Waals surface area (Å²) in [5.74, 6) is -0.702. The second-order valence-corrected chi connectivity index (χ2v) is 6.22. The van der Waals surface area contributed by atoms with Crippen LogP contribution >= 0.6 is 0 Å². The number of carbonyl (C=O) groups is 1. The molecule has 0 N–H and O–H groups in total. The minimum Gasteiger partial charge on any atom is -0.462 e. The number of rotatable bonds is 8. The number of hydrogen-bond acceptors (Lipinski definition) is 6. The first-order chi connectivity index (χ1) is 8.05. The molecule has 0 fully saturated rings. The minimum atomic E-state index is -2.60. The maximum absolute atomic E-state index is 11.1. The van der Waals surface area contributed by atoms with E-state index in [1.165, 1.54) is 21.3 Å². The molecule has 0 aromatic heterocycles. The molecule has 96 valence electrons. The number of ether oxygens (including phenoxy) is 1. The van der Waals surface area contributed by atoms with Gasteiger partial charge in [-0.1, -0.05) is 6.58 Å². The Hall–Kier alpha value is -1.20. The van der Waals surface area contributed by atoms with E-state index in [0.29, 0.717) is 12.5 Å². The Labute approximate surface area is 102 Å². The maximum atomic E-state index is 11.1. The van der Waals surface area contributed by atoms with Gasteiger partial charge in [-0.3, -0.25) is 0 Å². The van der Waals surface area contributed by atoms with Crippen molar-refractivity contribution in [1.82, 2.24) is 0 Å². The summed E-state index contributed by atoms with van der Waals surface area (Å²) in [5, 5.41) is 8.40. The molecule has 0 aliphatic heterocycles. The Kier molecular flexibility index (Phi) is 7.41. The van der Waals surface area contributed by atoms with E-state index in [-0.39, 0.29) is 12.2 Å². The fourth-order valence-corrected chi connectivity index (χ4v) is 2.83. The van der Waals surface area contributed by atoms with E-state index in [4.69, 9.17) is 23.3 Å². The first-order valence-corrected chi connectivity index (χ1v) is 6.90. The van der Waals surface area contributed by atoms with Crippen molar-refractivity contribution < 1.29 is 22.8 Å². The highest BCUT2D eigenvalue weighted by molar-refractivity contribution is 6.60. The molecule has 6 nitrogen and oxygen atoms in total. The summed E-state index contributed by atoms with van der Waals surface area (Å²) in [7, 11) is 1.95. The molecule has 0 atom stereocenters. The largest absolute Gasteiger partial charge is 0.500 e. The summed E-state index contributed by atoms with van der Waals surface area (Å²) in [6, 6.07) is 2.15. The molecule has 0 aromatic carbocycles. The third kappa shape index (κ3) is 5.10. The first-order valence-electron chi connectivity index (χ1n) is 4.96. The third-order valence-electron chi connectivity index (χ3n) is 2.17. The van der Waals surface area contributed by atoms with Gasteiger partial charge in [-0.2, -0.15) is 5.26 Å². The number of carbonyl (C=O) groups excluding carboxylic acids is 1. The Morgan fingerprint density at radius 1 is 1.29 bits per heavy atom. The highest BCUT2D eigenvalue weighted by Gasteiger charge is 2.36. The normalized spacial score (nSPS) is 10.7. The van der Waals surface area contributed by atoms with Gasteiger partial charge in [0.25, 0.3) is 0 Å². The lowest BCUT2D eigenvalue weighted by atomic mass is 10.3. The summed E-state index contributed by atoms with van der Waals surface area (Å²) in [4.78, 5) is 11.1. The summed E-state index contributed by atoms with van der Waals surface area (Å²) < 4.78 is 20.4. The Morgan fingerprint density at radius 2 is 1.82 bits per heavy atom. The molecule has 0 spiro atoms. The zero-order valence-corrected chi connectivity index (χ0v) is 11.3. The number of esters is 1. The summed E-state index contributed by atoms with van der Waals surface area (Å²) in [5.41, 5.74) is -0.210. The van der Waals surface area contributed by atoms with Crippen LogP contribution in [0.3, 0.4) is 0 Å². The van der Waals surface area contributed by atoms with Crippen LogP contribution in [-0.2, 0) is 22.8 Å².